The second-order valence-corrected chi connectivity index (χ2v) is 12.1. The van der Waals surface area contributed by atoms with E-state index in [9.17, 15) is 13.6 Å². The average Bonchev–Trinajstić information content (AvgIpc) is 2.91. The lowest BCUT2D eigenvalue weighted by atomic mass is 9.83. The summed E-state index contributed by atoms with van der Waals surface area (Å²) in [6, 6.07) is 8.61. The van der Waals surface area contributed by atoms with Crippen LogP contribution in [-0.2, 0) is 11.3 Å². The van der Waals surface area contributed by atoms with Crippen molar-refractivity contribution >= 4 is 11.7 Å². The predicted molar refractivity (Wildman–Crippen MR) is 154 cm³/mol. The number of benzene rings is 2. The highest BCUT2D eigenvalue weighted by atomic mass is 19.1. The van der Waals surface area contributed by atoms with Gasteiger partial charge >= 0.3 is 6.09 Å². The molecule has 0 aromatic heterocycles. The smallest absolute Gasteiger partial charge is 0.407 e. The second kappa shape index (κ2) is 13.2. The number of hydrogen-bond donors (Lipinski definition) is 1. The van der Waals surface area contributed by atoms with E-state index in [1.807, 2.05) is 32.6 Å². The van der Waals surface area contributed by atoms with Crippen LogP contribution in [0.5, 0.6) is 5.75 Å². The topological polar surface area (TPSA) is 54.0 Å². The molecule has 2 aromatic rings. The molecule has 4 rings (SSSR count). The van der Waals surface area contributed by atoms with Gasteiger partial charge in [-0.05, 0) is 70.2 Å². The molecule has 1 aliphatic carbocycles. The molecule has 9 heteroatoms. The van der Waals surface area contributed by atoms with Crippen molar-refractivity contribution in [2.24, 2.45) is 5.92 Å². The Morgan fingerprint density at radius 2 is 1.71 bits per heavy atom. The molecular formula is C32H42F3N3O3. The van der Waals surface area contributed by atoms with E-state index in [0.29, 0.717) is 30.9 Å². The Kier molecular flexibility index (Phi) is 9.89. The fourth-order valence-electron chi connectivity index (χ4n) is 5.86. The van der Waals surface area contributed by atoms with Crippen molar-refractivity contribution < 1.29 is 27.4 Å². The third kappa shape index (κ3) is 7.76. The molecule has 0 radical (unpaired) electrons. The first-order valence-corrected chi connectivity index (χ1v) is 14.4. The molecule has 1 saturated carbocycles. The SMILES string of the molecule is COc1cccc(C2=C(C)N(Cc3c(F)cccc3F)CN(C[C@H](NC(=O)OC(C)(C)C)C3CCCCC3)C2)c1F. The van der Waals surface area contributed by atoms with Crippen LogP contribution in [0.2, 0.25) is 0 Å². The minimum absolute atomic E-state index is 0.0243. The first-order valence-electron chi connectivity index (χ1n) is 14.4. The van der Waals surface area contributed by atoms with Crippen LogP contribution < -0.4 is 10.1 Å². The van der Waals surface area contributed by atoms with Gasteiger partial charge in [-0.3, -0.25) is 4.90 Å². The Morgan fingerprint density at radius 3 is 2.34 bits per heavy atom. The van der Waals surface area contributed by atoms with Gasteiger partial charge in [0.15, 0.2) is 11.6 Å². The van der Waals surface area contributed by atoms with Gasteiger partial charge < -0.3 is 19.7 Å². The van der Waals surface area contributed by atoms with E-state index in [-0.39, 0.29) is 29.8 Å². The predicted octanol–water partition coefficient (Wildman–Crippen LogP) is 7.09. The Morgan fingerprint density at radius 1 is 1.05 bits per heavy atom. The maximum Gasteiger partial charge on any atom is 0.407 e. The van der Waals surface area contributed by atoms with Crippen molar-refractivity contribution in [3.05, 3.63) is 70.7 Å². The maximum atomic E-state index is 15.5. The summed E-state index contributed by atoms with van der Waals surface area (Å²) in [4.78, 5) is 16.8. The van der Waals surface area contributed by atoms with Crippen LogP contribution in [0.3, 0.4) is 0 Å². The van der Waals surface area contributed by atoms with Crippen molar-refractivity contribution in [1.82, 2.24) is 15.1 Å². The first-order chi connectivity index (χ1) is 19.5. The van der Waals surface area contributed by atoms with E-state index in [2.05, 4.69) is 10.2 Å². The Bertz CT molecular complexity index is 1230. The highest BCUT2D eigenvalue weighted by molar-refractivity contribution is 5.72. The number of halogens is 3. The summed E-state index contributed by atoms with van der Waals surface area (Å²) >= 11 is 0. The monoisotopic (exact) mass is 573 g/mol. The fraction of sp³-hybridized carbons (Fsp3) is 0.531. The molecule has 1 aliphatic heterocycles. The van der Waals surface area contributed by atoms with Gasteiger partial charge in [0.1, 0.15) is 17.2 Å². The van der Waals surface area contributed by atoms with Crippen molar-refractivity contribution in [2.45, 2.75) is 78.0 Å². The largest absolute Gasteiger partial charge is 0.494 e. The molecule has 2 aliphatic rings. The van der Waals surface area contributed by atoms with Crippen molar-refractivity contribution in [3.8, 4) is 5.75 Å². The summed E-state index contributed by atoms with van der Waals surface area (Å²) in [5.41, 5.74) is 1.12. The van der Waals surface area contributed by atoms with Crippen LogP contribution in [0, 0.1) is 23.4 Å². The number of carbonyl (C=O) groups is 1. The van der Waals surface area contributed by atoms with Gasteiger partial charge in [-0.1, -0.05) is 37.5 Å². The lowest BCUT2D eigenvalue weighted by Crippen LogP contribution is -2.53. The fourth-order valence-corrected chi connectivity index (χ4v) is 5.86. The number of nitrogens with one attached hydrogen (secondary N) is 1. The van der Waals surface area contributed by atoms with Crippen LogP contribution >= 0.6 is 0 Å². The minimum atomic E-state index is -0.635. The Balaban J connectivity index is 1.68. The lowest BCUT2D eigenvalue weighted by Gasteiger charge is -2.42. The molecule has 6 nitrogen and oxygen atoms in total. The zero-order chi connectivity index (χ0) is 29.7. The second-order valence-electron chi connectivity index (χ2n) is 12.1. The molecule has 1 heterocycles. The van der Waals surface area contributed by atoms with Gasteiger partial charge in [0.25, 0.3) is 0 Å². The first kappa shape index (κ1) is 30.8. The summed E-state index contributed by atoms with van der Waals surface area (Å²) in [7, 11) is 1.42. The molecule has 1 atom stereocenters. The van der Waals surface area contributed by atoms with Gasteiger partial charge in [0, 0.05) is 42.5 Å². The molecule has 0 bridgehead atoms. The number of methoxy groups -OCH3 is 1. The summed E-state index contributed by atoms with van der Waals surface area (Å²) in [5.74, 6) is -1.36. The standard InChI is InChI=1S/C32H42F3N3O3/c1-21-24(23-13-9-16-29(40-5)30(23)35)17-37(20-38(21)18-25-26(33)14-10-15-27(25)34)19-28(22-11-7-6-8-12-22)36-31(39)41-32(2,3)4/h9-10,13-16,22,28H,6-8,11-12,17-20H2,1-5H3,(H,36,39)/t28-/m0/s1. The number of alkyl carbamates (subject to hydrolysis) is 1. The van der Waals surface area contributed by atoms with Gasteiger partial charge in [0.05, 0.1) is 13.8 Å². The third-order valence-electron chi connectivity index (χ3n) is 7.96. The van der Waals surface area contributed by atoms with E-state index in [4.69, 9.17) is 9.47 Å². The van der Waals surface area contributed by atoms with E-state index in [0.717, 1.165) is 31.4 Å². The van der Waals surface area contributed by atoms with E-state index in [1.54, 1.807) is 18.2 Å². The summed E-state index contributed by atoms with van der Waals surface area (Å²) < 4.78 is 55.8. The highest BCUT2D eigenvalue weighted by Crippen LogP contribution is 2.34. The van der Waals surface area contributed by atoms with Crippen molar-refractivity contribution in [3.63, 3.8) is 0 Å². The van der Waals surface area contributed by atoms with Gasteiger partial charge in [-0.15, -0.1) is 0 Å². The third-order valence-corrected chi connectivity index (χ3v) is 7.96. The van der Waals surface area contributed by atoms with Gasteiger partial charge in [-0.25, -0.2) is 18.0 Å². The lowest BCUT2D eigenvalue weighted by molar-refractivity contribution is 0.0439. The van der Waals surface area contributed by atoms with Crippen LogP contribution in [0.4, 0.5) is 18.0 Å². The van der Waals surface area contributed by atoms with E-state index < -0.39 is 29.1 Å². The molecule has 0 spiro atoms. The summed E-state index contributed by atoms with van der Waals surface area (Å²) in [6.45, 7) is 8.53. The molecule has 224 valence electrons. The van der Waals surface area contributed by atoms with E-state index in [1.165, 1.54) is 31.7 Å². The number of carbonyl (C=O) groups excluding carboxylic acids is 1. The Labute approximate surface area is 241 Å². The van der Waals surface area contributed by atoms with Gasteiger partial charge in [0.2, 0.25) is 0 Å². The van der Waals surface area contributed by atoms with Crippen molar-refractivity contribution in [2.75, 3.05) is 26.9 Å². The molecule has 41 heavy (non-hydrogen) atoms. The summed E-state index contributed by atoms with van der Waals surface area (Å²) in [5, 5.41) is 3.12. The van der Waals surface area contributed by atoms with Crippen LogP contribution in [0.15, 0.2) is 42.1 Å². The van der Waals surface area contributed by atoms with Gasteiger partial charge in [-0.2, -0.15) is 0 Å². The highest BCUT2D eigenvalue weighted by Gasteiger charge is 2.33. The van der Waals surface area contributed by atoms with Crippen LogP contribution in [0.1, 0.15) is 70.9 Å². The maximum absolute atomic E-state index is 15.5. The number of ether oxygens (including phenoxy) is 2. The van der Waals surface area contributed by atoms with Crippen molar-refractivity contribution in [1.29, 1.82) is 0 Å². The summed E-state index contributed by atoms with van der Waals surface area (Å²) in [6.07, 6.45) is 4.86. The molecular weight excluding hydrogens is 531 g/mol. The molecule has 0 saturated heterocycles. The van der Waals surface area contributed by atoms with Crippen LogP contribution in [-0.4, -0.2) is 54.4 Å². The number of amides is 1. The Hall–Kier alpha value is -3.20. The molecule has 1 amide bonds. The number of allylic oxidation sites excluding steroid dienone is 1. The zero-order valence-corrected chi connectivity index (χ0v) is 24.7. The van der Waals surface area contributed by atoms with Crippen LogP contribution in [0.25, 0.3) is 5.57 Å². The number of nitrogens with zero attached hydrogens (tertiary/aromatic N) is 2. The average molecular weight is 574 g/mol. The van der Waals surface area contributed by atoms with E-state index >= 15 is 4.39 Å². The minimum Gasteiger partial charge on any atom is -0.494 e. The molecule has 0 unspecified atom stereocenters. The molecule has 1 N–H and O–H groups in total. The quantitative estimate of drug-likeness (QED) is 0.365. The molecule has 1 fully saturated rings. The zero-order valence-electron chi connectivity index (χ0n) is 24.7. The number of hydrogen-bond acceptors (Lipinski definition) is 5. The number of rotatable bonds is 8. The normalized spacial score (nSPS) is 17.9. The molecule has 2 aromatic carbocycles.